The van der Waals surface area contributed by atoms with Crippen molar-refractivity contribution in [1.82, 2.24) is 0 Å². The number of carboxylic acid groups (broad SMARTS) is 1. The average Bonchev–Trinajstić information content (AvgIpc) is 2.28. The normalized spacial score (nSPS) is 14.1. The Labute approximate surface area is 102 Å². The van der Waals surface area contributed by atoms with Gasteiger partial charge < -0.3 is 14.6 Å². The molecule has 0 spiro atoms. The lowest BCUT2D eigenvalue weighted by molar-refractivity contribution is -0.172. The van der Waals surface area contributed by atoms with E-state index in [1.807, 2.05) is 13.8 Å². The van der Waals surface area contributed by atoms with Crippen LogP contribution in [0.3, 0.4) is 0 Å². The van der Waals surface area contributed by atoms with E-state index < -0.39 is 17.5 Å². The van der Waals surface area contributed by atoms with Crippen molar-refractivity contribution < 1.29 is 24.2 Å². The molecule has 0 saturated heterocycles. The van der Waals surface area contributed by atoms with Crippen molar-refractivity contribution in [2.75, 3.05) is 13.7 Å². The summed E-state index contributed by atoms with van der Waals surface area (Å²) < 4.78 is 9.97. The van der Waals surface area contributed by atoms with Gasteiger partial charge in [-0.1, -0.05) is 26.7 Å². The van der Waals surface area contributed by atoms with Crippen LogP contribution in [0.4, 0.5) is 0 Å². The first kappa shape index (κ1) is 15.9. The SMILES string of the molecule is CCCCOC(=O)CC(CCC)(OC)C(=O)O. The molecule has 5 nitrogen and oxygen atoms in total. The Bertz CT molecular complexity index is 251. The van der Waals surface area contributed by atoms with Gasteiger partial charge in [0.05, 0.1) is 13.0 Å². The smallest absolute Gasteiger partial charge is 0.336 e. The summed E-state index contributed by atoms with van der Waals surface area (Å²) >= 11 is 0. The van der Waals surface area contributed by atoms with Gasteiger partial charge in [0.2, 0.25) is 0 Å². The van der Waals surface area contributed by atoms with Crippen LogP contribution in [0, 0.1) is 0 Å². The largest absolute Gasteiger partial charge is 0.479 e. The molecule has 0 aliphatic rings. The van der Waals surface area contributed by atoms with E-state index in [4.69, 9.17) is 14.6 Å². The average molecular weight is 246 g/mol. The van der Waals surface area contributed by atoms with Crippen LogP contribution < -0.4 is 0 Å². The molecule has 0 heterocycles. The van der Waals surface area contributed by atoms with Gasteiger partial charge in [-0.3, -0.25) is 4.79 Å². The van der Waals surface area contributed by atoms with Crippen LogP contribution in [-0.2, 0) is 19.1 Å². The second-order valence-corrected chi connectivity index (χ2v) is 4.00. The molecule has 17 heavy (non-hydrogen) atoms. The Morgan fingerprint density at radius 3 is 2.29 bits per heavy atom. The maximum absolute atomic E-state index is 11.5. The maximum Gasteiger partial charge on any atom is 0.336 e. The maximum atomic E-state index is 11.5. The number of carbonyl (C=O) groups excluding carboxylic acids is 1. The minimum absolute atomic E-state index is 0.240. The Kier molecular flexibility index (Phi) is 7.54. The summed E-state index contributed by atoms with van der Waals surface area (Å²) in [5.41, 5.74) is -1.45. The number of rotatable bonds is 9. The number of carboxylic acids is 1. The quantitative estimate of drug-likeness (QED) is 0.497. The standard InChI is InChI=1S/C12H22O5/c1-4-6-8-17-10(13)9-12(16-3,7-5-2)11(14)15/h4-9H2,1-3H3,(H,14,15). The molecule has 0 bridgehead atoms. The molecular weight excluding hydrogens is 224 g/mol. The van der Waals surface area contributed by atoms with Crippen molar-refractivity contribution in [1.29, 1.82) is 0 Å². The number of methoxy groups -OCH3 is 1. The second kappa shape index (κ2) is 8.06. The van der Waals surface area contributed by atoms with E-state index >= 15 is 0 Å². The van der Waals surface area contributed by atoms with Gasteiger partial charge in [-0.25, -0.2) is 4.79 Å². The van der Waals surface area contributed by atoms with Gasteiger partial charge in [0, 0.05) is 7.11 Å². The molecule has 0 aromatic heterocycles. The molecule has 0 aliphatic carbocycles. The van der Waals surface area contributed by atoms with Gasteiger partial charge in [-0.15, -0.1) is 0 Å². The first-order valence-corrected chi connectivity index (χ1v) is 5.96. The van der Waals surface area contributed by atoms with Crippen LogP contribution in [0.25, 0.3) is 0 Å². The molecule has 1 atom stereocenters. The van der Waals surface area contributed by atoms with Crippen LogP contribution >= 0.6 is 0 Å². The lowest BCUT2D eigenvalue weighted by Gasteiger charge is -2.26. The van der Waals surface area contributed by atoms with Gasteiger partial charge in [-0.2, -0.15) is 0 Å². The van der Waals surface area contributed by atoms with Gasteiger partial charge >= 0.3 is 11.9 Å². The molecule has 5 heteroatoms. The summed E-state index contributed by atoms with van der Waals surface area (Å²) in [6.07, 6.45) is 2.39. The van der Waals surface area contributed by atoms with Crippen LogP contribution in [0.5, 0.6) is 0 Å². The summed E-state index contributed by atoms with van der Waals surface area (Å²) in [6, 6.07) is 0. The summed E-state index contributed by atoms with van der Waals surface area (Å²) in [4.78, 5) is 22.7. The van der Waals surface area contributed by atoms with Crippen LogP contribution in [0.1, 0.15) is 46.0 Å². The second-order valence-electron chi connectivity index (χ2n) is 4.00. The lowest BCUT2D eigenvalue weighted by Crippen LogP contribution is -2.43. The number of esters is 1. The third kappa shape index (κ3) is 5.17. The third-order valence-electron chi connectivity index (χ3n) is 2.63. The Balaban J connectivity index is 4.42. The zero-order valence-corrected chi connectivity index (χ0v) is 10.8. The highest BCUT2D eigenvalue weighted by Gasteiger charge is 2.40. The van der Waals surface area contributed by atoms with Crippen LogP contribution in [-0.4, -0.2) is 36.4 Å². The van der Waals surface area contributed by atoms with Crippen molar-refractivity contribution in [2.24, 2.45) is 0 Å². The van der Waals surface area contributed by atoms with Gasteiger partial charge in [0.25, 0.3) is 0 Å². The molecule has 0 aromatic rings. The molecule has 0 aliphatic heterocycles. The molecular formula is C12H22O5. The highest BCUT2D eigenvalue weighted by atomic mass is 16.5. The molecule has 100 valence electrons. The number of ether oxygens (including phenoxy) is 2. The van der Waals surface area contributed by atoms with Crippen molar-refractivity contribution in [3.05, 3.63) is 0 Å². The van der Waals surface area contributed by atoms with E-state index in [0.717, 1.165) is 12.8 Å². The molecule has 0 saturated carbocycles. The van der Waals surface area contributed by atoms with E-state index in [-0.39, 0.29) is 6.42 Å². The van der Waals surface area contributed by atoms with E-state index in [1.54, 1.807) is 0 Å². The van der Waals surface area contributed by atoms with E-state index in [2.05, 4.69) is 0 Å². The molecule has 0 amide bonds. The predicted molar refractivity (Wildman–Crippen MR) is 62.8 cm³/mol. The van der Waals surface area contributed by atoms with E-state index in [9.17, 15) is 9.59 Å². The predicted octanol–water partition coefficient (Wildman–Crippen LogP) is 1.99. The summed E-state index contributed by atoms with van der Waals surface area (Å²) in [7, 11) is 1.31. The third-order valence-corrected chi connectivity index (χ3v) is 2.63. The topological polar surface area (TPSA) is 72.8 Å². The Morgan fingerprint density at radius 2 is 1.88 bits per heavy atom. The number of unbranched alkanes of at least 4 members (excludes halogenated alkanes) is 1. The lowest BCUT2D eigenvalue weighted by atomic mass is 9.94. The van der Waals surface area contributed by atoms with Crippen molar-refractivity contribution >= 4 is 11.9 Å². The molecule has 0 rings (SSSR count). The van der Waals surface area contributed by atoms with Crippen LogP contribution in [0.2, 0.25) is 0 Å². The summed E-state index contributed by atoms with van der Waals surface area (Å²) in [6.45, 7) is 4.17. The number of hydrogen-bond donors (Lipinski definition) is 1. The fourth-order valence-electron chi connectivity index (χ4n) is 1.55. The monoisotopic (exact) mass is 246 g/mol. The molecule has 0 aromatic carbocycles. The van der Waals surface area contributed by atoms with Crippen molar-refractivity contribution in [3.63, 3.8) is 0 Å². The number of carbonyl (C=O) groups is 2. The fraction of sp³-hybridized carbons (Fsp3) is 0.833. The minimum Gasteiger partial charge on any atom is -0.479 e. The molecule has 1 unspecified atom stereocenters. The minimum atomic E-state index is -1.45. The van der Waals surface area contributed by atoms with Crippen LogP contribution in [0.15, 0.2) is 0 Å². The summed E-state index contributed by atoms with van der Waals surface area (Å²) in [5.74, 6) is -1.63. The first-order chi connectivity index (χ1) is 8.02. The highest BCUT2D eigenvalue weighted by molar-refractivity contribution is 5.84. The molecule has 0 radical (unpaired) electrons. The number of aliphatic carboxylic acids is 1. The molecule has 0 fully saturated rings. The highest BCUT2D eigenvalue weighted by Crippen LogP contribution is 2.23. The van der Waals surface area contributed by atoms with Gasteiger partial charge in [-0.05, 0) is 12.8 Å². The number of hydrogen-bond acceptors (Lipinski definition) is 4. The van der Waals surface area contributed by atoms with Gasteiger partial charge in [0.1, 0.15) is 0 Å². The van der Waals surface area contributed by atoms with Gasteiger partial charge in [0.15, 0.2) is 5.60 Å². The zero-order chi connectivity index (χ0) is 13.3. The molecule has 1 N–H and O–H groups in total. The van der Waals surface area contributed by atoms with Crippen molar-refractivity contribution in [3.8, 4) is 0 Å². The Morgan fingerprint density at radius 1 is 1.24 bits per heavy atom. The Hall–Kier alpha value is -1.10. The summed E-state index contributed by atoms with van der Waals surface area (Å²) in [5, 5.41) is 9.14. The first-order valence-electron chi connectivity index (χ1n) is 5.96. The fourth-order valence-corrected chi connectivity index (χ4v) is 1.55. The van der Waals surface area contributed by atoms with E-state index in [1.165, 1.54) is 7.11 Å². The van der Waals surface area contributed by atoms with E-state index in [0.29, 0.717) is 19.4 Å². The van der Waals surface area contributed by atoms with Crippen molar-refractivity contribution in [2.45, 2.75) is 51.6 Å². The zero-order valence-electron chi connectivity index (χ0n) is 10.8.